The summed E-state index contributed by atoms with van der Waals surface area (Å²) in [5, 5.41) is 8.95. The van der Waals surface area contributed by atoms with Crippen molar-refractivity contribution in [2.24, 2.45) is 5.92 Å². The van der Waals surface area contributed by atoms with E-state index in [1.165, 1.54) is 4.90 Å². The summed E-state index contributed by atoms with van der Waals surface area (Å²) < 4.78 is 0. The van der Waals surface area contributed by atoms with E-state index in [4.69, 9.17) is 5.11 Å². The standard InChI is InChI=1S/C11H19NO3/c1-3-5-8(2)10(13)12-7-4-6-9(12)11(14)15/h8-9H,3-7H2,1-2H3,(H,14,15)/t8?,9-/m0/s1. The van der Waals surface area contributed by atoms with Crippen LogP contribution >= 0.6 is 0 Å². The van der Waals surface area contributed by atoms with E-state index in [1.54, 1.807) is 0 Å². The van der Waals surface area contributed by atoms with Crippen molar-refractivity contribution in [3.63, 3.8) is 0 Å². The average molecular weight is 213 g/mol. The van der Waals surface area contributed by atoms with Crippen LogP contribution in [-0.4, -0.2) is 34.5 Å². The van der Waals surface area contributed by atoms with E-state index in [0.717, 1.165) is 19.3 Å². The number of carboxylic acid groups (broad SMARTS) is 1. The zero-order chi connectivity index (χ0) is 11.4. The van der Waals surface area contributed by atoms with Crippen molar-refractivity contribution in [1.29, 1.82) is 0 Å². The van der Waals surface area contributed by atoms with Gasteiger partial charge in [-0.15, -0.1) is 0 Å². The second-order valence-corrected chi connectivity index (χ2v) is 4.22. The van der Waals surface area contributed by atoms with Crippen molar-refractivity contribution in [2.75, 3.05) is 6.54 Å². The Labute approximate surface area is 90.3 Å². The molecule has 1 unspecified atom stereocenters. The van der Waals surface area contributed by atoms with E-state index < -0.39 is 12.0 Å². The molecule has 0 aromatic rings. The van der Waals surface area contributed by atoms with Gasteiger partial charge in [-0.2, -0.15) is 0 Å². The van der Waals surface area contributed by atoms with E-state index in [2.05, 4.69) is 0 Å². The van der Waals surface area contributed by atoms with Crippen molar-refractivity contribution in [1.82, 2.24) is 4.90 Å². The van der Waals surface area contributed by atoms with Crippen molar-refractivity contribution in [2.45, 2.75) is 45.6 Å². The number of carbonyl (C=O) groups is 2. The summed E-state index contributed by atoms with van der Waals surface area (Å²) in [5.74, 6) is -0.916. The van der Waals surface area contributed by atoms with E-state index in [9.17, 15) is 9.59 Å². The van der Waals surface area contributed by atoms with E-state index in [0.29, 0.717) is 13.0 Å². The predicted molar refractivity (Wildman–Crippen MR) is 56.4 cm³/mol. The minimum absolute atomic E-state index is 0.00162. The van der Waals surface area contributed by atoms with Crippen molar-refractivity contribution in [3.8, 4) is 0 Å². The fourth-order valence-electron chi connectivity index (χ4n) is 2.13. The number of carboxylic acids is 1. The second-order valence-electron chi connectivity index (χ2n) is 4.22. The average Bonchev–Trinajstić information content (AvgIpc) is 2.65. The highest BCUT2D eigenvalue weighted by atomic mass is 16.4. The van der Waals surface area contributed by atoms with Gasteiger partial charge in [0.25, 0.3) is 0 Å². The summed E-state index contributed by atoms with van der Waals surface area (Å²) in [5.41, 5.74) is 0. The van der Waals surface area contributed by atoms with Crippen LogP contribution in [0.3, 0.4) is 0 Å². The zero-order valence-corrected chi connectivity index (χ0v) is 9.40. The molecule has 4 heteroatoms. The van der Waals surface area contributed by atoms with Crippen LogP contribution in [0.4, 0.5) is 0 Å². The third-order valence-corrected chi connectivity index (χ3v) is 2.96. The molecule has 1 saturated heterocycles. The van der Waals surface area contributed by atoms with Crippen LogP contribution < -0.4 is 0 Å². The molecule has 86 valence electrons. The molecule has 1 amide bonds. The van der Waals surface area contributed by atoms with Crippen molar-refractivity contribution in [3.05, 3.63) is 0 Å². The highest BCUT2D eigenvalue weighted by molar-refractivity contribution is 5.85. The lowest BCUT2D eigenvalue weighted by atomic mass is 10.0. The van der Waals surface area contributed by atoms with Gasteiger partial charge >= 0.3 is 5.97 Å². The topological polar surface area (TPSA) is 57.6 Å². The Morgan fingerprint density at radius 3 is 2.73 bits per heavy atom. The number of hydrogen-bond acceptors (Lipinski definition) is 2. The lowest BCUT2D eigenvalue weighted by molar-refractivity contribution is -0.149. The van der Waals surface area contributed by atoms with Crippen LogP contribution in [0.1, 0.15) is 39.5 Å². The monoisotopic (exact) mass is 213 g/mol. The van der Waals surface area contributed by atoms with E-state index in [-0.39, 0.29) is 11.8 Å². The Balaban J connectivity index is 2.62. The number of aliphatic carboxylic acids is 1. The lowest BCUT2D eigenvalue weighted by Gasteiger charge is -2.24. The molecule has 1 N–H and O–H groups in total. The number of nitrogens with zero attached hydrogens (tertiary/aromatic N) is 1. The molecule has 1 aliphatic heterocycles. The van der Waals surface area contributed by atoms with Crippen LogP contribution in [0.15, 0.2) is 0 Å². The second kappa shape index (κ2) is 5.14. The van der Waals surface area contributed by atoms with Crippen LogP contribution in [0.25, 0.3) is 0 Å². The molecule has 2 atom stereocenters. The predicted octanol–water partition coefficient (Wildman–Crippen LogP) is 1.50. The van der Waals surface area contributed by atoms with Gasteiger partial charge in [-0.3, -0.25) is 4.79 Å². The first-order valence-electron chi connectivity index (χ1n) is 5.61. The summed E-state index contributed by atoms with van der Waals surface area (Å²) in [6.07, 6.45) is 3.20. The van der Waals surface area contributed by atoms with Crippen LogP contribution in [0.2, 0.25) is 0 Å². The molecule has 15 heavy (non-hydrogen) atoms. The summed E-state index contributed by atoms with van der Waals surface area (Å²) in [6.45, 7) is 4.51. The summed E-state index contributed by atoms with van der Waals surface area (Å²) in [6, 6.07) is -0.586. The number of rotatable bonds is 4. The van der Waals surface area contributed by atoms with Gasteiger partial charge in [0, 0.05) is 12.5 Å². The van der Waals surface area contributed by atoms with Crippen LogP contribution in [-0.2, 0) is 9.59 Å². The third kappa shape index (κ3) is 2.70. The fraction of sp³-hybridized carbons (Fsp3) is 0.818. The van der Waals surface area contributed by atoms with Gasteiger partial charge in [-0.05, 0) is 19.3 Å². The first kappa shape index (κ1) is 12.0. The summed E-state index contributed by atoms with van der Waals surface area (Å²) >= 11 is 0. The molecule has 0 spiro atoms. The highest BCUT2D eigenvalue weighted by Gasteiger charge is 2.35. The summed E-state index contributed by atoms with van der Waals surface area (Å²) in [7, 11) is 0. The van der Waals surface area contributed by atoms with Crippen molar-refractivity contribution < 1.29 is 14.7 Å². The number of carbonyl (C=O) groups excluding carboxylic acids is 1. The van der Waals surface area contributed by atoms with Gasteiger partial charge in [0.1, 0.15) is 6.04 Å². The number of likely N-dealkylation sites (tertiary alicyclic amines) is 1. The molecular formula is C11H19NO3. The van der Waals surface area contributed by atoms with E-state index >= 15 is 0 Å². The maximum absolute atomic E-state index is 11.9. The maximum atomic E-state index is 11.9. The molecule has 1 fully saturated rings. The Kier molecular flexibility index (Phi) is 4.12. The first-order chi connectivity index (χ1) is 7.07. The molecule has 0 radical (unpaired) electrons. The Morgan fingerprint density at radius 2 is 2.20 bits per heavy atom. The lowest BCUT2D eigenvalue weighted by Crippen LogP contribution is -2.42. The van der Waals surface area contributed by atoms with Gasteiger partial charge in [0.2, 0.25) is 5.91 Å². The Morgan fingerprint density at radius 1 is 1.53 bits per heavy atom. The largest absolute Gasteiger partial charge is 0.480 e. The molecule has 0 bridgehead atoms. The molecule has 1 rings (SSSR count). The first-order valence-corrected chi connectivity index (χ1v) is 5.61. The summed E-state index contributed by atoms with van der Waals surface area (Å²) in [4.78, 5) is 24.3. The van der Waals surface area contributed by atoms with Gasteiger partial charge < -0.3 is 10.0 Å². The fourth-order valence-corrected chi connectivity index (χ4v) is 2.13. The molecular weight excluding hydrogens is 194 g/mol. The molecule has 0 saturated carbocycles. The van der Waals surface area contributed by atoms with Gasteiger partial charge in [-0.25, -0.2) is 4.79 Å². The SMILES string of the molecule is CCCC(C)C(=O)N1CCC[C@H]1C(=O)O. The quantitative estimate of drug-likeness (QED) is 0.769. The molecule has 0 aliphatic carbocycles. The molecule has 1 heterocycles. The smallest absolute Gasteiger partial charge is 0.326 e. The van der Waals surface area contributed by atoms with Gasteiger partial charge in [-0.1, -0.05) is 20.3 Å². The third-order valence-electron chi connectivity index (χ3n) is 2.96. The molecule has 0 aromatic heterocycles. The van der Waals surface area contributed by atoms with Gasteiger partial charge in [0.15, 0.2) is 0 Å². The normalized spacial score (nSPS) is 22.8. The van der Waals surface area contributed by atoms with Crippen LogP contribution in [0, 0.1) is 5.92 Å². The van der Waals surface area contributed by atoms with Crippen LogP contribution in [0.5, 0.6) is 0 Å². The Hall–Kier alpha value is -1.06. The minimum atomic E-state index is -0.871. The highest BCUT2D eigenvalue weighted by Crippen LogP contribution is 2.21. The molecule has 0 aromatic carbocycles. The minimum Gasteiger partial charge on any atom is -0.480 e. The number of amides is 1. The molecule has 4 nitrogen and oxygen atoms in total. The Bertz CT molecular complexity index is 252. The van der Waals surface area contributed by atoms with Gasteiger partial charge in [0.05, 0.1) is 0 Å². The van der Waals surface area contributed by atoms with Crippen molar-refractivity contribution >= 4 is 11.9 Å². The zero-order valence-electron chi connectivity index (χ0n) is 9.40. The maximum Gasteiger partial charge on any atom is 0.326 e. The van der Waals surface area contributed by atoms with E-state index in [1.807, 2.05) is 13.8 Å². The molecule has 1 aliphatic rings. The number of hydrogen-bond donors (Lipinski definition) is 1.